The predicted molar refractivity (Wildman–Crippen MR) is 122 cm³/mol. The fraction of sp³-hybridized carbons (Fsp3) is 0.444. The van der Waals surface area contributed by atoms with Gasteiger partial charge in [0.1, 0.15) is 16.2 Å². The highest BCUT2D eigenvalue weighted by Crippen LogP contribution is 2.41. The van der Waals surface area contributed by atoms with Crippen molar-refractivity contribution in [2.75, 3.05) is 30.4 Å². The molecule has 32 heavy (non-hydrogen) atoms. The second kappa shape index (κ2) is 8.21. The first-order valence-corrected chi connectivity index (χ1v) is 12.9. The number of carbonyl (C=O) groups excluding carboxylic acids is 1. The van der Waals surface area contributed by atoms with E-state index < -0.39 is 26.0 Å². The van der Waals surface area contributed by atoms with Gasteiger partial charge >= 0.3 is 0 Å². The molecule has 2 atom stereocenters. The molecule has 2 heterocycles. The Labute approximate surface area is 192 Å². The zero-order valence-corrected chi connectivity index (χ0v) is 20.0. The highest BCUT2D eigenvalue weighted by Gasteiger charge is 2.47. The maximum Gasteiger partial charge on any atom is 0.286 e. The maximum atomic E-state index is 13.2. The van der Waals surface area contributed by atoms with Gasteiger partial charge in [0.05, 0.1) is 18.0 Å². The number of nitrogens with one attached hydrogen (secondary N) is 2. The standard InChI is InChI=1S/C18H23N5O6S2.ClH/c1-22(2)23-13-6-4-5-11(13)16(24)15(18(23)25)17-19-12-8-7-10(20-30(3,26)27)9-14(12)31(28,29)21-17;/h7-9,11,13,20,24H,4-6H2,1-3H3,(H,19,21);1H/t11-,13+;/m1./s1. The van der Waals surface area contributed by atoms with Crippen molar-refractivity contribution in [3.05, 3.63) is 29.5 Å². The molecule has 1 amide bonds. The molecule has 1 aromatic carbocycles. The number of amidine groups is 1. The second-order valence-corrected chi connectivity index (χ2v) is 11.3. The highest BCUT2D eigenvalue weighted by molar-refractivity contribution is 7.92. The molecular weight excluding hydrogens is 482 g/mol. The van der Waals surface area contributed by atoms with Gasteiger partial charge in [-0.05, 0) is 31.0 Å². The molecule has 0 bridgehead atoms. The van der Waals surface area contributed by atoms with E-state index in [2.05, 4.69) is 14.4 Å². The molecule has 0 saturated heterocycles. The van der Waals surface area contributed by atoms with Crippen molar-refractivity contribution in [3.63, 3.8) is 0 Å². The van der Waals surface area contributed by atoms with Crippen molar-refractivity contribution in [2.24, 2.45) is 10.3 Å². The van der Waals surface area contributed by atoms with Crippen LogP contribution in [0.25, 0.3) is 0 Å². The summed E-state index contributed by atoms with van der Waals surface area (Å²) in [5.74, 6) is -1.25. The zero-order valence-electron chi connectivity index (χ0n) is 17.6. The van der Waals surface area contributed by atoms with Gasteiger partial charge in [-0.1, -0.05) is 6.42 Å². The Morgan fingerprint density at radius 2 is 1.97 bits per heavy atom. The zero-order chi connectivity index (χ0) is 22.7. The van der Waals surface area contributed by atoms with E-state index in [1.54, 1.807) is 19.1 Å². The Bertz CT molecular complexity index is 1240. The number of hydrogen-bond acceptors (Lipinski definition) is 8. The summed E-state index contributed by atoms with van der Waals surface area (Å²) >= 11 is 0. The number of hydrazine groups is 1. The number of fused-ring (bicyclic) bond motifs is 2. The number of carbonyl (C=O) groups is 1. The normalized spacial score (nSPS) is 24.3. The van der Waals surface area contributed by atoms with Crippen molar-refractivity contribution in [1.82, 2.24) is 10.0 Å². The van der Waals surface area contributed by atoms with E-state index >= 15 is 0 Å². The van der Waals surface area contributed by atoms with Crippen molar-refractivity contribution < 1.29 is 26.7 Å². The number of aliphatic hydroxyl groups excluding tert-OH is 1. The molecular formula is C18H24ClN5O6S2. The molecule has 2 aliphatic heterocycles. The van der Waals surface area contributed by atoms with Crippen LogP contribution in [-0.4, -0.2) is 70.1 Å². The van der Waals surface area contributed by atoms with Gasteiger partial charge in [0.15, 0.2) is 5.84 Å². The van der Waals surface area contributed by atoms with Crippen LogP contribution < -0.4 is 10.0 Å². The van der Waals surface area contributed by atoms with E-state index in [-0.39, 0.29) is 57.8 Å². The summed E-state index contributed by atoms with van der Waals surface area (Å²) in [5.41, 5.74) is 0.0140. The lowest BCUT2D eigenvalue weighted by atomic mass is 9.91. The van der Waals surface area contributed by atoms with Crippen molar-refractivity contribution >= 4 is 55.6 Å². The topological polar surface area (TPSA) is 148 Å². The molecule has 0 radical (unpaired) electrons. The van der Waals surface area contributed by atoms with Crippen LogP contribution in [0.15, 0.2) is 38.8 Å². The van der Waals surface area contributed by atoms with Crippen LogP contribution in [0.4, 0.5) is 11.4 Å². The molecule has 0 spiro atoms. The minimum atomic E-state index is -4.26. The van der Waals surface area contributed by atoms with E-state index in [0.717, 1.165) is 25.2 Å². The fourth-order valence-electron chi connectivity index (χ4n) is 4.36. The summed E-state index contributed by atoms with van der Waals surface area (Å²) in [5, 5.41) is 16.9. The number of sulfonamides is 2. The summed E-state index contributed by atoms with van der Waals surface area (Å²) in [6, 6.07) is 3.72. The minimum absolute atomic E-state index is 0. The van der Waals surface area contributed by atoms with E-state index in [0.29, 0.717) is 6.42 Å². The average molecular weight is 506 g/mol. The van der Waals surface area contributed by atoms with Gasteiger partial charge in [0, 0.05) is 25.7 Å². The monoisotopic (exact) mass is 505 g/mol. The largest absolute Gasteiger partial charge is 0.511 e. The number of anilines is 2. The smallest absolute Gasteiger partial charge is 0.286 e. The molecule has 0 unspecified atom stereocenters. The van der Waals surface area contributed by atoms with Gasteiger partial charge < -0.3 is 10.4 Å². The Morgan fingerprint density at radius 3 is 2.59 bits per heavy atom. The van der Waals surface area contributed by atoms with E-state index in [1.807, 2.05) is 0 Å². The molecule has 0 aromatic heterocycles. The van der Waals surface area contributed by atoms with Gasteiger partial charge in [-0.15, -0.1) is 16.8 Å². The van der Waals surface area contributed by atoms with E-state index in [9.17, 15) is 26.7 Å². The first-order chi connectivity index (χ1) is 14.4. The van der Waals surface area contributed by atoms with Crippen molar-refractivity contribution in [3.8, 4) is 0 Å². The number of amides is 1. The summed E-state index contributed by atoms with van der Waals surface area (Å²) in [4.78, 5) is 13.0. The summed E-state index contributed by atoms with van der Waals surface area (Å²) in [7, 11) is -4.44. The van der Waals surface area contributed by atoms with Crippen LogP contribution >= 0.6 is 12.4 Å². The molecule has 3 N–H and O–H groups in total. The average Bonchev–Trinajstić information content (AvgIpc) is 3.10. The van der Waals surface area contributed by atoms with Gasteiger partial charge in [-0.3, -0.25) is 14.5 Å². The van der Waals surface area contributed by atoms with Crippen LogP contribution in [0.2, 0.25) is 0 Å². The molecule has 4 rings (SSSR count). The van der Waals surface area contributed by atoms with Crippen LogP contribution in [0.5, 0.6) is 0 Å². The molecule has 176 valence electrons. The number of halogens is 1. The van der Waals surface area contributed by atoms with Crippen LogP contribution in [-0.2, 0) is 24.8 Å². The number of benzene rings is 1. The number of hydrogen-bond donors (Lipinski definition) is 3. The summed E-state index contributed by atoms with van der Waals surface area (Å²) in [6.45, 7) is 0. The van der Waals surface area contributed by atoms with Gasteiger partial charge in [-0.2, -0.15) is 8.42 Å². The molecule has 11 nitrogen and oxygen atoms in total. The van der Waals surface area contributed by atoms with E-state index in [4.69, 9.17) is 0 Å². The summed E-state index contributed by atoms with van der Waals surface area (Å²) in [6.07, 6.45) is 3.20. The molecule has 1 aliphatic carbocycles. The second-order valence-electron chi connectivity index (χ2n) is 7.99. The van der Waals surface area contributed by atoms with Crippen molar-refractivity contribution in [1.29, 1.82) is 0 Å². The maximum absolute atomic E-state index is 13.2. The Balaban J connectivity index is 0.00000289. The fourth-order valence-corrected chi connectivity index (χ4v) is 6.06. The van der Waals surface area contributed by atoms with Gasteiger partial charge in [0.25, 0.3) is 15.9 Å². The Kier molecular flexibility index (Phi) is 6.23. The lowest BCUT2D eigenvalue weighted by Gasteiger charge is -2.41. The molecule has 14 heteroatoms. The molecule has 1 saturated carbocycles. The Hall–Kier alpha value is -2.35. The molecule has 3 aliphatic rings. The SMILES string of the molecule is CN(C)N1C(=O)C(C2=NS(=O)(=O)c3cc(NS(C)(=O)=O)ccc3N2)=C(O)[C@@H]2CCC[C@@H]21.Cl. The van der Waals surface area contributed by atoms with Crippen LogP contribution in [0.1, 0.15) is 19.3 Å². The molecule has 1 aromatic rings. The summed E-state index contributed by atoms with van der Waals surface area (Å²) < 4.78 is 54.6. The Morgan fingerprint density at radius 1 is 1.28 bits per heavy atom. The third-order valence-electron chi connectivity index (χ3n) is 5.52. The van der Waals surface area contributed by atoms with Crippen LogP contribution in [0, 0.1) is 5.92 Å². The van der Waals surface area contributed by atoms with Gasteiger partial charge in [-0.25, -0.2) is 13.4 Å². The highest BCUT2D eigenvalue weighted by atomic mass is 35.5. The minimum Gasteiger partial charge on any atom is -0.511 e. The lowest BCUT2D eigenvalue weighted by Crippen LogP contribution is -2.55. The number of nitrogens with zero attached hydrogens (tertiary/aromatic N) is 3. The van der Waals surface area contributed by atoms with Crippen molar-refractivity contribution in [2.45, 2.75) is 30.2 Å². The third kappa shape index (κ3) is 4.17. The third-order valence-corrected chi connectivity index (χ3v) is 7.44. The quantitative estimate of drug-likeness (QED) is 0.554. The lowest BCUT2D eigenvalue weighted by molar-refractivity contribution is -0.149. The molecule has 1 fully saturated rings. The first-order valence-electron chi connectivity index (χ1n) is 9.57. The van der Waals surface area contributed by atoms with Gasteiger partial charge in [0.2, 0.25) is 10.0 Å². The number of rotatable bonds is 4. The number of aliphatic hydroxyl groups is 1. The van der Waals surface area contributed by atoms with E-state index in [1.165, 1.54) is 17.1 Å². The predicted octanol–water partition coefficient (Wildman–Crippen LogP) is 1.29. The van der Waals surface area contributed by atoms with Crippen LogP contribution in [0.3, 0.4) is 0 Å². The first kappa shape index (κ1) is 24.3.